The summed E-state index contributed by atoms with van der Waals surface area (Å²) in [6.07, 6.45) is 1.09. The number of pyridine rings is 1. The molecule has 2 aromatic rings. The summed E-state index contributed by atoms with van der Waals surface area (Å²) in [6, 6.07) is 4.66. The van der Waals surface area contributed by atoms with Crippen molar-refractivity contribution < 1.29 is 32.2 Å². The van der Waals surface area contributed by atoms with Crippen LogP contribution in [0.5, 0.6) is 5.75 Å². The van der Waals surface area contributed by atoms with Crippen molar-refractivity contribution in [1.29, 1.82) is 0 Å². The number of alkyl halides is 3. The number of ether oxygens (including phenoxy) is 2. The third-order valence-corrected chi connectivity index (χ3v) is 8.25. The molecular weight excluding hydrogens is 577 g/mol. The summed E-state index contributed by atoms with van der Waals surface area (Å²) in [4.78, 5) is 32.3. The number of piperazine rings is 1. The number of benzene rings is 1. The van der Waals surface area contributed by atoms with Gasteiger partial charge in [-0.05, 0) is 62.4 Å². The Balaban J connectivity index is 1.04. The predicted molar refractivity (Wildman–Crippen MR) is 158 cm³/mol. The molecular formula is C31H33F3N6O4. The molecule has 3 fully saturated rings. The standard InChI is InChI=1S/C31H33F3N6O4/c1-17(43-24-10-11-35-29-20(24)6-9-25(41)37-29)4-8-23-18(2)26-27(28(26)44-23)38-30(42)36-19-5-7-22(21(16-19)31(32,33)34)40-14-12-39(3)13-15-40/h4-5,7-8,10-11,16,26-28H,2,6,9,12-15H2,1,3H3,(H,35,37,41)(H2,36,38,42)/b17-4+,23-8+/t26-,27-,28-/m0/s1. The van der Waals surface area contributed by atoms with Gasteiger partial charge in [0.25, 0.3) is 0 Å². The number of fused-ring (bicyclic) bond motifs is 2. The number of likely N-dealkylation sites (N-methyl/N-ethyl adjacent to an activating group) is 1. The van der Waals surface area contributed by atoms with E-state index < -0.39 is 17.8 Å². The van der Waals surface area contributed by atoms with Crippen molar-refractivity contribution in [2.24, 2.45) is 5.92 Å². The lowest BCUT2D eigenvalue weighted by atomic mass is 10.1. The first-order valence-electron chi connectivity index (χ1n) is 14.4. The molecule has 10 nitrogen and oxygen atoms in total. The zero-order chi connectivity index (χ0) is 31.2. The SMILES string of the molecule is C=C1/C(=C\C=C(/C)Oc2ccnc3c2CCC(=O)N3)O[C@@H]2[C@@H](NC(=O)Nc3ccc(N4CCN(C)CC4)c(C(F)(F)F)c3)[C@H]12. The van der Waals surface area contributed by atoms with Crippen LogP contribution >= 0.6 is 0 Å². The Labute approximate surface area is 252 Å². The fourth-order valence-corrected chi connectivity index (χ4v) is 5.79. The van der Waals surface area contributed by atoms with Crippen molar-refractivity contribution in [1.82, 2.24) is 15.2 Å². The van der Waals surface area contributed by atoms with Crippen molar-refractivity contribution in [3.63, 3.8) is 0 Å². The van der Waals surface area contributed by atoms with Gasteiger partial charge in [-0.25, -0.2) is 9.78 Å². The Bertz CT molecular complexity index is 1560. The summed E-state index contributed by atoms with van der Waals surface area (Å²) in [6.45, 7) is 8.23. The van der Waals surface area contributed by atoms with Gasteiger partial charge in [0.1, 0.15) is 29.2 Å². The molecule has 232 valence electrons. The normalized spacial score (nSPS) is 24.3. The average molecular weight is 611 g/mol. The molecule has 3 aliphatic heterocycles. The van der Waals surface area contributed by atoms with E-state index in [2.05, 4.69) is 32.4 Å². The molecule has 44 heavy (non-hydrogen) atoms. The first-order chi connectivity index (χ1) is 21.0. The summed E-state index contributed by atoms with van der Waals surface area (Å²) in [7, 11) is 1.94. The highest BCUT2D eigenvalue weighted by Gasteiger charge is 2.60. The number of hydrogen-bond donors (Lipinski definition) is 3. The van der Waals surface area contributed by atoms with Crippen LogP contribution in [0.3, 0.4) is 0 Å². The maximum atomic E-state index is 13.9. The molecule has 1 saturated carbocycles. The number of rotatable bonds is 6. The Morgan fingerprint density at radius 3 is 2.68 bits per heavy atom. The number of nitrogens with zero attached hydrogens (tertiary/aromatic N) is 3. The van der Waals surface area contributed by atoms with Crippen molar-refractivity contribution in [2.45, 2.75) is 38.1 Å². The second-order valence-corrected chi connectivity index (χ2v) is 11.4. The highest BCUT2D eigenvalue weighted by molar-refractivity contribution is 5.93. The Morgan fingerprint density at radius 2 is 1.98 bits per heavy atom. The van der Waals surface area contributed by atoms with E-state index in [9.17, 15) is 22.8 Å². The molecule has 3 N–H and O–H groups in total. The molecule has 4 heterocycles. The van der Waals surface area contributed by atoms with E-state index in [1.807, 2.05) is 7.05 Å². The van der Waals surface area contributed by atoms with Crippen molar-refractivity contribution in [3.8, 4) is 5.75 Å². The van der Waals surface area contributed by atoms with Gasteiger partial charge in [-0.2, -0.15) is 13.2 Å². The summed E-state index contributed by atoms with van der Waals surface area (Å²) >= 11 is 0. The lowest BCUT2D eigenvalue weighted by Crippen LogP contribution is -2.45. The van der Waals surface area contributed by atoms with E-state index in [4.69, 9.17) is 9.47 Å². The van der Waals surface area contributed by atoms with E-state index in [-0.39, 0.29) is 35.3 Å². The lowest BCUT2D eigenvalue weighted by molar-refractivity contribution is -0.137. The largest absolute Gasteiger partial charge is 0.487 e. The number of carbonyl (C=O) groups is 2. The fourth-order valence-electron chi connectivity index (χ4n) is 5.79. The van der Waals surface area contributed by atoms with Crippen LogP contribution in [0.15, 0.2) is 66.3 Å². The molecule has 3 amide bonds. The first-order valence-corrected chi connectivity index (χ1v) is 14.4. The number of carbonyl (C=O) groups excluding carboxylic acids is 2. The van der Waals surface area contributed by atoms with Crippen LogP contribution < -0.4 is 25.6 Å². The Kier molecular flexibility index (Phi) is 7.74. The molecule has 1 aromatic carbocycles. The number of halogens is 3. The second kappa shape index (κ2) is 11.5. The van der Waals surface area contributed by atoms with Crippen LogP contribution in [-0.4, -0.2) is 67.2 Å². The second-order valence-electron chi connectivity index (χ2n) is 11.4. The van der Waals surface area contributed by atoms with Crippen LogP contribution in [0.2, 0.25) is 0 Å². The van der Waals surface area contributed by atoms with Crippen molar-refractivity contribution in [2.75, 3.05) is 48.8 Å². The van der Waals surface area contributed by atoms with Gasteiger partial charge in [-0.3, -0.25) is 4.79 Å². The van der Waals surface area contributed by atoms with Crippen LogP contribution in [0.4, 0.5) is 35.2 Å². The Morgan fingerprint density at radius 1 is 1.20 bits per heavy atom. The first kappa shape index (κ1) is 29.5. The molecule has 4 aliphatic rings. The molecule has 0 bridgehead atoms. The highest BCUT2D eigenvalue weighted by Crippen LogP contribution is 2.51. The topological polar surface area (TPSA) is 108 Å². The zero-order valence-electron chi connectivity index (χ0n) is 24.3. The molecule has 0 radical (unpaired) electrons. The number of aromatic nitrogens is 1. The van der Waals surface area contributed by atoms with Gasteiger partial charge < -0.3 is 35.2 Å². The maximum absolute atomic E-state index is 13.9. The van der Waals surface area contributed by atoms with Gasteiger partial charge in [0.2, 0.25) is 5.91 Å². The highest BCUT2D eigenvalue weighted by atomic mass is 19.4. The average Bonchev–Trinajstić information content (AvgIpc) is 3.53. The maximum Gasteiger partial charge on any atom is 0.418 e. The van der Waals surface area contributed by atoms with E-state index >= 15 is 0 Å². The molecule has 6 rings (SSSR count). The zero-order valence-corrected chi connectivity index (χ0v) is 24.3. The van der Waals surface area contributed by atoms with E-state index in [0.29, 0.717) is 67.7 Å². The van der Waals surface area contributed by atoms with E-state index in [1.54, 1.807) is 36.2 Å². The summed E-state index contributed by atoms with van der Waals surface area (Å²) < 4.78 is 53.7. The fraction of sp³-hybridized carbons (Fsp3) is 0.387. The molecule has 0 spiro atoms. The van der Waals surface area contributed by atoms with E-state index in [1.165, 1.54) is 12.1 Å². The Hall–Kier alpha value is -4.52. The molecule has 0 unspecified atom stereocenters. The van der Waals surface area contributed by atoms with Crippen LogP contribution in [0.1, 0.15) is 24.5 Å². The minimum Gasteiger partial charge on any atom is -0.487 e. The van der Waals surface area contributed by atoms with Crippen molar-refractivity contribution >= 4 is 29.1 Å². The number of hydrogen-bond acceptors (Lipinski definition) is 7. The molecule has 1 aromatic heterocycles. The van der Waals surface area contributed by atoms with Gasteiger partial charge >= 0.3 is 12.2 Å². The number of amides is 3. The van der Waals surface area contributed by atoms with Gasteiger partial charge in [0.15, 0.2) is 0 Å². The predicted octanol–water partition coefficient (Wildman–Crippen LogP) is 4.68. The molecule has 13 heteroatoms. The monoisotopic (exact) mass is 610 g/mol. The van der Waals surface area contributed by atoms with E-state index in [0.717, 1.165) is 11.6 Å². The van der Waals surface area contributed by atoms with Crippen LogP contribution in [0.25, 0.3) is 0 Å². The number of anilines is 3. The summed E-state index contributed by atoms with van der Waals surface area (Å²) in [5.74, 6) is 2.06. The minimum atomic E-state index is -4.57. The smallest absolute Gasteiger partial charge is 0.418 e. The molecule has 3 atom stereocenters. The molecule has 2 saturated heterocycles. The van der Waals surface area contributed by atoms with Gasteiger partial charge in [-0.15, -0.1) is 0 Å². The van der Waals surface area contributed by atoms with Crippen molar-refractivity contribution in [3.05, 3.63) is 77.4 Å². The number of allylic oxidation sites excluding steroid dienone is 4. The summed E-state index contributed by atoms with van der Waals surface area (Å²) in [5.41, 5.74) is 0.933. The third-order valence-electron chi connectivity index (χ3n) is 8.25. The van der Waals surface area contributed by atoms with Gasteiger partial charge in [-0.1, -0.05) is 6.58 Å². The summed E-state index contributed by atoms with van der Waals surface area (Å²) in [5, 5.41) is 8.07. The quantitative estimate of drug-likeness (QED) is 0.408. The molecule has 1 aliphatic carbocycles. The van der Waals surface area contributed by atoms with Crippen LogP contribution in [0, 0.1) is 5.92 Å². The minimum absolute atomic E-state index is 0.0531. The van der Waals surface area contributed by atoms with Crippen LogP contribution in [-0.2, 0) is 22.1 Å². The number of urea groups is 1. The lowest BCUT2D eigenvalue weighted by Gasteiger charge is -2.35. The third kappa shape index (κ3) is 6.09. The van der Waals surface area contributed by atoms with Gasteiger partial charge in [0.05, 0.1) is 17.5 Å². The number of nitrogens with one attached hydrogen (secondary N) is 3. The van der Waals surface area contributed by atoms with Gasteiger partial charge in [0, 0.05) is 55.7 Å².